The highest BCUT2D eigenvalue weighted by Crippen LogP contribution is 2.10. The molecule has 0 saturated heterocycles. The monoisotopic (exact) mass is 513 g/mol. The quantitative estimate of drug-likeness (QED) is 0.175. The molecule has 0 saturated carbocycles. The van der Waals surface area contributed by atoms with Crippen LogP contribution in [0.4, 0.5) is 10.1 Å². The van der Waals surface area contributed by atoms with Crippen LogP contribution in [-0.4, -0.2) is 46.7 Å². The van der Waals surface area contributed by atoms with Gasteiger partial charge in [-0.05, 0) is 61.8 Å². The van der Waals surface area contributed by atoms with Crippen LogP contribution in [0.3, 0.4) is 0 Å². The number of unbranched alkanes of at least 4 members (excludes halogenated alkanes) is 1. The number of anilines is 1. The molecule has 11 heteroatoms. The summed E-state index contributed by atoms with van der Waals surface area (Å²) in [7, 11) is 1.27. The van der Waals surface area contributed by atoms with Gasteiger partial charge in [0, 0.05) is 25.1 Å². The van der Waals surface area contributed by atoms with Gasteiger partial charge in [0.05, 0.1) is 18.0 Å². The molecule has 0 unspecified atom stereocenters. The molecule has 0 aliphatic heterocycles. The van der Waals surface area contributed by atoms with E-state index in [0.29, 0.717) is 53.3 Å². The summed E-state index contributed by atoms with van der Waals surface area (Å²) in [5.74, 6) is -0.838. The number of benzene rings is 2. The van der Waals surface area contributed by atoms with Crippen molar-refractivity contribution >= 4 is 45.8 Å². The van der Waals surface area contributed by atoms with Gasteiger partial charge in [-0.3, -0.25) is 9.59 Å². The van der Waals surface area contributed by atoms with Crippen LogP contribution < -0.4 is 21.5 Å². The van der Waals surface area contributed by atoms with Crippen molar-refractivity contribution in [1.82, 2.24) is 20.6 Å². The number of thiocarbonyl (C=S) groups is 1. The van der Waals surface area contributed by atoms with E-state index in [-0.39, 0.29) is 30.1 Å². The number of carbonyl (C=O) groups is 2. The van der Waals surface area contributed by atoms with Gasteiger partial charge in [-0.25, -0.2) is 14.2 Å². The van der Waals surface area contributed by atoms with E-state index in [1.54, 1.807) is 36.4 Å². The first-order valence-electron chi connectivity index (χ1n) is 11.5. The van der Waals surface area contributed by atoms with Crippen LogP contribution in [-0.2, 0) is 20.7 Å². The summed E-state index contributed by atoms with van der Waals surface area (Å²) in [6, 6.07) is 12.1. The number of nitrogens with zero attached hydrogens (tertiary/aromatic N) is 1. The van der Waals surface area contributed by atoms with E-state index >= 15 is 0 Å². The maximum absolute atomic E-state index is 13.2. The summed E-state index contributed by atoms with van der Waals surface area (Å²) in [6.07, 6.45) is 1.96. The molecular formula is C25H28FN5O4S. The Morgan fingerprint density at radius 3 is 2.75 bits per heavy atom. The van der Waals surface area contributed by atoms with Crippen molar-refractivity contribution < 1.29 is 18.7 Å². The van der Waals surface area contributed by atoms with Gasteiger partial charge in [-0.1, -0.05) is 18.2 Å². The van der Waals surface area contributed by atoms with Crippen molar-refractivity contribution in [3.05, 3.63) is 70.5 Å². The molecule has 0 radical (unpaired) electrons. The van der Waals surface area contributed by atoms with Crippen molar-refractivity contribution in [2.45, 2.75) is 38.1 Å². The number of methoxy groups -OCH3 is 1. The molecule has 1 atom stereocenters. The van der Waals surface area contributed by atoms with E-state index in [1.165, 1.54) is 19.2 Å². The second kappa shape index (κ2) is 13.3. The number of aryl methyl sites for hydroxylation is 1. The Kier molecular flexibility index (Phi) is 9.87. The molecule has 1 amide bonds. The first kappa shape index (κ1) is 26.7. The number of nitrogens with one attached hydrogen (secondary N) is 4. The molecule has 0 spiro atoms. The third-order valence-corrected chi connectivity index (χ3v) is 5.61. The molecule has 2 aromatic carbocycles. The number of para-hydroxylation sites is 1. The average molecular weight is 514 g/mol. The van der Waals surface area contributed by atoms with Crippen LogP contribution >= 0.6 is 12.2 Å². The lowest BCUT2D eigenvalue weighted by Crippen LogP contribution is -2.41. The summed E-state index contributed by atoms with van der Waals surface area (Å²) in [5.41, 5.74) is 0.843. The van der Waals surface area contributed by atoms with E-state index in [0.717, 1.165) is 0 Å². The molecule has 3 rings (SSSR count). The first-order valence-corrected chi connectivity index (χ1v) is 11.9. The van der Waals surface area contributed by atoms with Crippen LogP contribution in [0.25, 0.3) is 10.9 Å². The van der Waals surface area contributed by atoms with Gasteiger partial charge in [-0.2, -0.15) is 0 Å². The topological polar surface area (TPSA) is 125 Å². The Hall–Kier alpha value is -3.86. The van der Waals surface area contributed by atoms with Crippen LogP contribution in [0.1, 0.15) is 31.5 Å². The smallest absolute Gasteiger partial charge is 0.328 e. The lowest BCUT2D eigenvalue weighted by atomic mass is 10.1. The highest BCUT2D eigenvalue weighted by molar-refractivity contribution is 7.80. The number of H-pyrrole nitrogens is 1. The molecule has 0 aliphatic rings. The predicted octanol–water partition coefficient (Wildman–Crippen LogP) is 2.81. The zero-order valence-corrected chi connectivity index (χ0v) is 20.6. The number of fused-ring (bicyclic) bond motifs is 1. The minimum Gasteiger partial charge on any atom is -0.467 e. The Bertz CT molecular complexity index is 1280. The van der Waals surface area contributed by atoms with Gasteiger partial charge in [0.2, 0.25) is 5.91 Å². The number of ether oxygens (including phenoxy) is 1. The molecule has 1 heterocycles. The lowest BCUT2D eigenvalue weighted by Gasteiger charge is -2.17. The number of esters is 1. The normalized spacial score (nSPS) is 11.5. The minimum absolute atomic E-state index is 0.0519. The molecule has 3 aromatic rings. The van der Waals surface area contributed by atoms with Gasteiger partial charge >= 0.3 is 5.97 Å². The summed E-state index contributed by atoms with van der Waals surface area (Å²) >= 11 is 5.20. The van der Waals surface area contributed by atoms with Gasteiger partial charge in [-0.15, -0.1) is 0 Å². The standard InChI is InChI=1S/C25H28FN5O4S/c1-35-24(34)20(11-4-5-14-27-25(36)28-17-8-6-7-16(26)15-17)30-22(32)13-12-21-29-19-10-3-2-9-18(19)23(33)31-21/h2-3,6-10,15,20H,4-5,11-14H2,1H3,(H,30,32)(H2,27,28,36)(H,29,31,33)/t20-/m0/s1. The number of amides is 1. The number of aromatic amines is 1. The SMILES string of the molecule is COC(=O)[C@H](CCCCNC(=S)Nc1cccc(F)c1)NC(=O)CCc1nc2ccccc2c(=O)[nH]1. The number of aromatic nitrogens is 2. The van der Waals surface area contributed by atoms with E-state index in [4.69, 9.17) is 17.0 Å². The zero-order chi connectivity index (χ0) is 25.9. The van der Waals surface area contributed by atoms with Crippen molar-refractivity contribution in [3.8, 4) is 0 Å². The number of halogens is 1. The van der Waals surface area contributed by atoms with Gasteiger partial charge in [0.1, 0.15) is 17.7 Å². The summed E-state index contributed by atoms with van der Waals surface area (Å²) < 4.78 is 18.1. The van der Waals surface area contributed by atoms with Crippen molar-refractivity contribution in [1.29, 1.82) is 0 Å². The van der Waals surface area contributed by atoms with Gasteiger partial charge in [0.15, 0.2) is 5.11 Å². The molecule has 36 heavy (non-hydrogen) atoms. The number of hydrogen-bond donors (Lipinski definition) is 4. The maximum atomic E-state index is 13.2. The van der Waals surface area contributed by atoms with Crippen LogP contribution in [0.2, 0.25) is 0 Å². The fraction of sp³-hybridized carbons (Fsp3) is 0.320. The van der Waals surface area contributed by atoms with E-state index in [9.17, 15) is 18.8 Å². The van der Waals surface area contributed by atoms with Crippen molar-refractivity contribution in [3.63, 3.8) is 0 Å². The molecule has 0 aliphatic carbocycles. The lowest BCUT2D eigenvalue weighted by molar-refractivity contribution is -0.145. The largest absolute Gasteiger partial charge is 0.467 e. The Morgan fingerprint density at radius 2 is 1.97 bits per heavy atom. The van der Waals surface area contributed by atoms with Gasteiger partial charge < -0.3 is 25.7 Å². The second-order valence-electron chi connectivity index (χ2n) is 8.06. The Labute approximate surface area is 212 Å². The Morgan fingerprint density at radius 1 is 1.17 bits per heavy atom. The average Bonchev–Trinajstić information content (AvgIpc) is 2.86. The number of hydrogen-bond acceptors (Lipinski definition) is 6. The molecule has 0 fully saturated rings. The molecule has 4 N–H and O–H groups in total. The highest BCUT2D eigenvalue weighted by atomic mass is 32.1. The van der Waals surface area contributed by atoms with Crippen LogP contribution in [0.5, 0.6) is 0 Å². The molecule has 0 bridgehead atoms. The second-order valence-corrected chi connectivity index (χ2v) is 8.47. The summed E-state index contributed by atoms with van der Waals surface area (Å²) in [5, 5.41) is 9.46. The number of carbonyl (C=O) groups excluding carboxylic acids is 2. The third kappa shape index (κ3) is 8.12. The minimum atomic E-state index is -0.788. The molecule has 1 aromatic heterocycles. The van der Waals surface area contributed by atoms with E-state index < -0.39 is 12.0 Å². The third-order valence-electron chi connectivity index (χ3n) is 5.36. The van der Waals surface area contributed by atoms with E-state index in [2.05, 4.69) is 25.9 Å². The zero-order valence-electron chi connectivity index (χ0n) is 19.8. The summed E-state index contributed by atoms with van der Waals surface area (Å²) in [4.78, 5) is 43.9. The molecule has 9 nitrogen and oxygen atoms in total. The maximum Gasteiger partial charge on any atom is 0.328 e. The van der Waals surface area contributed by atoms with Crippen LogP contribution in [0.15, 0.2) is 53.3 Å². The highest BCUT2D eigenvalue weighted by Gasteiger charge is 2.21. The van der Waals surface area contributed by atoms with Gasteiger partial charge in [0.25, 0.3) is 5.56 Å². The fourth-order valence-corrected chi connectivity index (χ4v) is 3.78. The Balaban J connectivity index is 1.42. The summed E-state index contributed by atoms with van der Waals surface area (Å²) in [6.45, 7) is 0.532. The molecular weight excluding hydrogens is 485 g/mol. The van der Waals surface area contributed by atoms with E-state index in [1.807, 2.05) is 0 Å². The van der Waals surface area contributed by atoms with Crippen molar-refractivity contribution in [2.75, 3.05) is 19.0 Å². The number of rotatable bonds is 11. The molecule has 190 valence electrons. The van der Waals surface area contributed by atoms with Crippen molar-refractivity contribution in [2.24, 2.45) is 0 Å². The first-order chi connectivity index (χ1) is 17.4. The van der Waals surface area contributed by atoms with Crippen LogP contribution in [0, 0.1) is 5.82 Å². The fourth-order valence-electron chi connectivity index (χ4n) is 3.56. The predicted molar refractivity (Wildman–Crippen MR) is 139 cm³/mol.